The largest absolute Gasteiger partial charge is 0.469 e. The van der Waals surface area contributed by atoms with Gasteiger partial charge in [0.1, 0.15) is 6.10 Å². The van der Waals surface area contributed by atoms with Gasteiger partial charge in [0.15, 0.2) is 0 Å². The summed E-state index contributed by atoms with van der Waals surface area (Å²) in [5.74, 6) is -0.540. The molecule has 0 bridgehead atoms. The zero-order chi connectivity index (χ0) is 13.0. The lowest BCUT2D eigenvalue weighted by molar-refractivity contribution is -0.144. The molecule has 4 nitrogen and oxygen atoms in total. The van der Waals surface area contributed by atoms with E-state index in [2.05, 4.69) is 4.74 Å². The van der Waals surface area contributed by atoms with E-state index in [1.807, 2.05) is 26.0 Å². The minimum absolute atomic E-state index is 0.217. The summed E-state index contributed by atoms with van der Waals surface area (Å²) >= 11 is 0. The molecule has 17 heavy (non-hydrogen) atoms. The number of aliphatic hydroxyl groups excluding tert-OH is 2. The van der Waals surface area contributed by atoms with Crippen LogP contribution in [-0.2, 0) is 9.53 Å². The number of aryl methyl sites for hydroxylation is 2. The van der Waals surface area contributed by atoms with Crippen LogP contribution < -0.4 is 0 Å². The van der Waals surface area contributed by atoms with Gasteiger partial charge in [-0.15, -0.1) is 0 Å². The molecule has 0 heterocycles. The van der Waals surface area contributed by atoms with E-state index in [0.29, 0.717) is 5.56 Å². The standard InChI is InChI=1S/C13H18O4/c1-8-4-5-10(9(2)6-8)13(16)11(14)7-12(15)17-3/h4-6,11,13-14,16H,7H2,1-3H3. The molecule has 2 N–H and O–H groups in total. The Morgan fingerprint density at radius 1 is 1.35 bits per heavy atom. The fourth-order valence-corrected chi connectivity index (χ4v) is 1.73. The third-order valence-corrected chi connectivity index (χ3v) is 2.71. The SMILES string of the molecule is COC(=O)CC(O)C(O)c1ccc(C)cc1C. The van der Waals surface area contributed by atoms with Crippen LogP contribution in [0, 0.1) is 13.8 Å². The van der Waals surface area contributed by atoms with Gasteiger partial charge in [-0.05, 0) is 25.0 Å². The number of hydrogen-bond donors (Lipinski definition) is 2. The highest BCUT2D eigenvalue weighted by Gasteiger charge is 2.22. The van der Waals surface area contributed by atoms with Crippen LogP contribution in [0.2, 0.25) is 0 Å². The van der Waals surface area contributed by atoms with Crippen molar-refractivity contribution in [2.24, 2.45) is 0 Å². The predicted molar refractivity (Wildman–Crippen MR) is 63.5 cm³/mol. The lowest BCUT2D eigenvalue weighted by Gasteiger charge is -2.19. The maximum absolute atomic E-state index is 11.0. The molecule has 0 radical (unpaired) electrons. The van der Waals surface area contributed by atoms with Crippen molar-refractivity contribution < 1.29 is 19.7 Å². The van der Waals surface area contributed by atoms with Crippen LogP contribution in [0.3, 0.4) is 0 Å². The van der Waals surface area contributed by atoms with E-state index in [0.717, 1.165) is 11.1 Å². The predicted octanol–water partition coefficient (Wildman–Crippen LogP) is 1.26. The van der Waals surface area contributed by atoms with Crippen LogP contribution in [0.5, 0.6) is 0 Å². The summed E-state index contributed by atoms with van der Waals surface area (Å²) in [5.41, 5.74) is 2.61. The van der Waals surface area contributed by atoms with Crippen LogP contribution in [0.15, 0.2) is 18.2 Å². The van der Waals surface area contributed by atoms with Crippen LogP contribution in [0.4, 0.5) is 0 Å². The Kier molecular flexibility index (Phi) is 4.66. The molecule has 1 aromatic rings. The molecule has 0 amide bonds. The first-order valence-electron chi connectivity index (χ1n) is 5.45. The van der Waals surface area contributed by atoms with Crippen molar-refractivity contribution in [2.45, 2.75) is 32.5 Å². The summed E-state index contributed by atoms with van der Waals surface area (Å²) in [6.07, 6.45) is -2.44. The number of methoxy groups -OCH3 is 1. The number of benzene rings is 1. The number of hydrogen-bond acceptors (Lipinski definition) is 4. The Morgan fingerprint density at radius 3 is 2.53 bits per heavy atom. The van der Waals surface area contributed by atoms with Crippen molar-refractivity contribution in [1.82, 2.24) is 0 Å². The molecule has 0 saturated heterocycles. The van der Waals surface area contributed by atoms with Crippen molar-refractivity contribution in [3.05, 3.63) is 34.9 Å². The number of carbonyl (C=O) groups excluding carboxylic acids is 1. The highest BCUT2D eigenvalue weighted by molar-refractivity contribution is 5.69. The zero-order valence-corrected chi connectivity index (χ0v) is 10.3. The topological polar surface area (TPSA) is 66.8 Å². The quantitative estimate of drug-likeness (QED) is 0.775. The van der Waals surface area contributed by atoms with E-state index in [-0.39, 0.29) is 6.42 Å². The molecule has 1 rings (SSSR count). The molecule has 4 heteroatoms. The maximum Gasteiger partial charge on any atom is 0.308 e. The van der Waals surface area contributed by atoms with Gasteiger partial charge in [0.25, 0.3) is 0 Å². The number of ether oxygens (including phenoxy) is 1. The molecule has 0 saturated carbocycles. The Balaban J connectivity index is 2.81. The molecule has 0 aliphatic heterocycles. The molecule has 0 fully saturated rings. The van der Waals surface area contributed by atoms with Crippen LogP contribution in [-0.4, -0.2) is 29.4 Å². The van der Waals surface area contributed by atoms with Gasteiger partial charge in [0.2, 0.25) is 0 Å². The average molecular weight is 238 g/mol. The highest BCUT2D eigenvalue weighted by Crippen LogP contribution is 2.23. The Labute approximate surface area is 101 Å². The molecular formula is C13H18O4. The van der Waals surface area contributed by atoms with E-state index >= 15 is 0 Å². The van der Waals surface area contributed by atoms with Crippen molar-refractivity contribution in [3.63, 3.8) is 0 Å². The fourth-order valence-electron chi connectivity index (χ4n) is 1.73. The zero-order valence-electron chi connectivity index (χ0n) is 10.3. The number of aliphatic hydroxyl groups is 2. The molecule has 0 aliphatic carbocycles. The monoisotopic (exact) mass is 238 g/mol. The number of carbonyl (C=O) groups is 1. The minimum atomic E-state index is -1.15. The Bertz CT molecular complexity index is 400. The summed E-state index contributed by atoms with van der Waals surface area (Å²) in [4.78, 5) is 11.0. The normalized spacial score (nSPS) is 14.2. The van der Waals surface area contributed by atoms with E-state index in [1.54, 1.807) is 6.07 Å². The lowest BCUT2D eigenvalue weighted by Crippen LogP contribution is -2.23. The van der Waals surface area contributed by atoms with Gasteiger partial charge in [0, 0.05) is 0 Å². The van der Waals surface area contributed by atoms with Crippen molar-refractivity contribution in [3.8, 4) is 0 Å². The highest BCUT2D eigenvalue weighted by atomic mass is 16.5. The summed E-state index contributed by atoms with van der Waals surface area (Å²) in [6.45, 7) is 3.81. The average Bonchev–Trinajstić information content (AvgIpc) is 2.28. The molecule has 0 spiro atoms. The molecular weight excluding hydrogens is 220 g/mol. The molecule has 2 unspecified atom stereocenters. The first kappa shape index (κ1) is 13.7. The second kappa shape index (κ2) is 5.80. The summed E-state index contributed by atoms with van der Waals surface area (Å²) in [5, 5.41) is 19.7. The Morgan fingerprint density at radius 2 is 2.00 bits per heavy atom. The van der Waals surface area contributed by atoms with Crippen LogP contribution in [0.25, 0.3) is 0 Å². The summed E-state index contributed by atoms with van der Waals surface area (Å²) in [7, 11) is 1.25. The fraction of sp³-hybridized carbons (Fsp3) is 0.462. The van der Waals surface area contributed by atoms with Gasteiger partial charge in [-0.25, -0.2) is 0 Å². The second-order valence-electron chi connectivity index (χ2n) is 4.15. The Hall–Kier alpha value is -1.39. The number of rotatable bonds is 4. The third-order valence-electron chi connectivity index (χ3n) is 2.71. The van der Waals surface area contributed by atoms with Gasteiger partial charge >= 0.3 is 5.97 Å². The van der Waals surface area contributed by atoms with Gasteiger partial charge in [0.05, 0.1) is 19.6 Å². The third kappa shape index (κ3) is 3.54. The smallest absolute Gasteiger partial charge is 0.308 e. The van der Waals surface area contributed by atoms with E-state index in [4.69, 9.17) is 0 Å². The number of esters is 1. The first-order chi connectivity index (χ1) is 7.95. The van der Waals surface area contributed by atoms with Crippen molar-refractivity contribution >= 4 is 5.97 Å². The van der Waals surface area contributed by atoms with Crippen molar-refractivity contribution in [2.75, 3.05) is 7.11 Å². The first-order valence-corrected chi connectivity index (χ1v) is 5.45. The second-order valence-corrected chi connectivity index (χ2v) is 4.15. The van der Waals surface area contributed by atoms with E-state index in [1.165, 1.54) is 7.11 Å². The van der Waals surface area contributed by atoms with Crippen LogP contribution >= 0.6 is 0 Å². The van der Waals surface area contributed by atoms with Gasteiger partial charge < -0.3 is 14.9 Å². The molecule has 1 aromatic carbocycles. The minimum Gasteiger partial charge on any atom is -0.469 e. The molecule has 0 aliphatic rings. The molecule has 0 aromatic heterocycles. The van der Waals surface area contributed by atoms with Gasteiger partial charge in [-0.1, -0.05) is 23.8 Å². The van der Waals surface area contributed by atoms with Gasteiger partial charge in [-0.3, -0.25) is 4.79 Å². The summed E-state index contributed by atoms with van der Waals surface area (Å²) in [6, 6.07) is 5.54. The maximum atomic E-state index is 11.0. The van der Waals surface area contributed by atoms with Crippen molar-refractivity contribution in [1.29, 1.82) is 0 Å². The molecule has 2 atom stereocenters. The van der Waals surface area contributed by atoms with Crippen LogP contribution in [0.1, 0.15) is 29.2 Å². The molecule has 94 valence electrons. The van der Waals surface area contributed by atoms with E-state index in [9.17, 15) is 15.0 Å². The lowest BCUT2D eigenvalue weighted by atomic mass is 9.96. The van der Waals surface area contributed by atoms with Gasteiger partial charge in [-0.2, -0.15) is 0 Å². The van der Waals surface area contributed by atoms with E-state index < -0.39 is 18.2 Å². The summed E-state index contributed by atoms with van der Waals surface area (Å²) < 4.78 is 4.45.